The second-order valence-corrected chi connectivity index (χ2v) is 9.32. The zero-order valence-electron chi connectivity index (χ0n) is 20.3. The average Bonchev–Trinajstić information content (AvgIpc) is 3.25. The molecule has 0 unspecified atom stereocenters. The minimum absolute atomic E-state index is 0.0274. The topological polar surface area (TPSA) is 73.6 Å². The van der Waals surface area contributed by atoms with Gasteiger partial charge in [-0.3, -0.25) is 0 Å². The van der Waals surface area contributed by atoms with Crippen LogP contribution in [0.25, 0.3) is 33.5 Å². The van der Waals surface area contributed by atoms with Gasteiger partial charge in [0.15, 0.2) is 0 Å². The maximum absolute atomic E-state index is 12.0. The molecule has 0 aliphatic carbocycles. The molecular formula is C28H29BrN2O4. The van der Waals surface area contributed by atoms with Crippen molar-refractivity contribution in [3.8, 4) is 28.3 Å². The molecule has 4 aromatic rings. The molecule has 0 saturated heterocycles. The number of hydrogen-bond donors (Lipinski definition) is 1. The van der Waals surface area contributed by atoms with Crippen molar-refractivity contribution in [3.63, 3.8) is 0 Å². The number of hydrogen-bond acceptors (Lipinski definition) is 5. The molecule has 35 heavy (non-hydrogen) atoms. The number of methoxy groups -OCH3 is 1. The Morgan fingerprint density at radius 2 is 1.74 bits per heavy atom. The summed E-state index contributed by atoms with van der Waals surface area (Å²) in [7, 11) is 1.63. The third kappa shape index (κ3) is 4.83. The number of aliphatic hydroxyl groups is 1. The van der Waals surface area contributed by atoms with Crippen LogP contribution in [0.3, 0.4) is 0 Å². The first-order valence-corrected chi connectivity index (χ1v) is 12.4. The number of nitrogens with zero attached hydrogens (tertiary/aromatic N) is 2. The van der Waals surface area contributed by atoms with Gasteiger partial charge in [-0.1, -0.05) is 50.2 Å². The molecule has 0 fully saturated rings. The fourth-order valence-corrected chi connectivity index (χ4v) is 4.79. The van der Waals surface area contributed by atoms with Crippen molar-refractivity contribution < 1.29 is 19.4 Å². The minimum atomic E-state index is -0.345. The quantitative estimate of drug-likeness (QED) is 0.262. The van der Waals surface area contributed by atoms with Crippen LogP contribution in [-0.4, -0.2) is 41.0 Å². The monoisotopic (exact) mass is 536 g/mol. The molecule has 3 aromatic carbocycles. The zero-order valence-corrected chi connectivity index (χ0v) is 21.9. The lowest BCUT2D eigenvalue weighted by molar-refractivity contribution is 0.0526. The van der Waals surface area contributed by atoms with Gasteiger partial charge in [0.2, 0.25) is 0 Å². The Kier molecular flexibility index (Phi) is 7.57. The van der Waals surface area contributed by atoms with Crippen molar-refractivity contribution in [3.05, 3.63) is 70.2 Å². The number of esters is 1. The summed E-state index contributed by atoms with van der Waals surface area (Å²) in [5.41, 5.74) is 6.07. The lowest BCUT2D eigenvalue weighted by Crippen LogP contribution is -2.05. The predicted octanol–water partition coefficient (Wildman–Crippen LogP) is 6.43. The molecule has 0 radical (unpaired) electrons. The number of carbonyl (C=O) groups is 1. The van der Waals surface area contributed by atoms with E-state index in [9.17, 15) is 9.90 Å². The van der Waals surface area contributed by atoms with Crippen molar-refractivity contribution in [1.29, 1.82) is 0 Å². The summed E-state index contributed by atoms with van der Waals surface area (Å²) in [5.74, 6) is 1.51. The summed E-state index contributed by atoms with van der Waals surface area (Å²) in [6.07, 6.45) is 0. The van der Waals surface area contributed by atoms with Crippen molar-refractivity contribution in [2.45, 2.75) is 33.2 Å². The van der Waals surface area contributed by atoms with Gasteiger partial charge in [-0.15, -0.1) is 0 Å². The maximum Gasteiger partial charge on any atom is 0.338 e. The standard InChI is InChI=1S/C28H29BrN2O4/c1-5-35-28(33)21-12-8-19(9-13-21)22-16-23(34-4)26-25(24(22)29)30-27(31(26)14-15-32)20-10-6-18(7-11-20)17(2)3/h6-13,16-17,32H,5,14-15H2,1-4H3. The second kappa shape index (κ2) is 10.6. The number of imidazole rings is 1. The largest absolute Gasteiger partial charge is 0.494 e. The van der Waals surface area contributed by atoms with E-state index in [1.807, 2.05) is 22.8 Å². The summed E-state index contributed by atoms with van der Waals surface area (Å²) in [6, 6.07) is 17.6. The molecule has 0 amide bonds. The number of benzene rings is 3. The minimum Gasteiger partial charge on any atom is -0.494 e. The number of rotatable bonds is 8. The third-order valence-corrected chi connectivity index (χ3v) is 6.81. The van der Waals surface area contributed by atoms with E-state index in [1.54, 1.807) is 26.2 Å². The van der Waals surface area contributed by atoms with E-state index in [-0.39, 0.29) is 12.6 Å². The number of halogens is 1. The first-order valence-electron chi connectivity index (χ1n) is 11.6. The molecule has 4 rings (SSSR count). The van der Waals surface area contributed by atoms with E-state index in [1.165, 1.54) is 5.56 Å². The molecule has 0 aliphatic heterocycles. The van der Waals surface area contributed by atoms with E-state index in [0.29, 0.717) is 30.4 Å². The summed E-state index contributed by atoms with van der Waals surface area (Å²) < 4.78 is 13.7. The summed E-state index contributed by atoms with van der Waals surface area (Å²) in [5, 5.41) is 9.82. The molecule has 182 valence electrons. The highest BCUT2D eigenvalue weighted by molar-refractivity contribution is 9.10. The molecular weight excluding hydrogens is 508 g/mol. The number of carbonyl (C=O) groups excluding carboxylic acids is 1. The van der Waals surface area contributed by atoms with Gasteiger partial charge in [-0.05, 0) is 58.1 Å². The summed E-state index contributed by atoms with van der Waals surface area (Å²) >= 11 is 3.77. The molecule has 7 heteroatoms. The SMILES string of the molecule is CCOC(=O)c1ccc(-c2cc(OC)c3c(nc(-c4ccc(C(C)C)cc4)n3CCO)c2Br)cc1. The van der Waals surface area contributed by atoms with Crippen molar-refractivity contribution in [2.24, 2.45) is 0 Å². The molecule has 0 aliphatic rings. The van der Waals surface area contributed by atoms with E-state index < -0.39 is 0 Å². The second-order valence-electron chi connectivity index (χ2n) is 8.52. The van der Waals surface area contributed by atoms with Crippen molar-refractivity contribution in [1.82, 2.24) is 9.55 Å². The van der Waals surface area contributed by atoms with Gasteiger partial charge < -0.3 is 19.1 Å². The van der Waals surface area contributed by atoms with Crippen LogP contribution in [0.2, 0.25) is 0 Å². The average molecular weight is 537 g/mol. The lowest BCUT2D eigenvalue weighted by Gasteiger charge is -2.13. The molecule has 0 bridgehead atoms. The third-order valence-electron chi connectivity index (χ3n) is 6.01. The Balaban J connectivity index is 1.87. The smallest absolute Gasteiger partial charge is 0.338 e. The van der Waals surface area contributed by atoms with Gasteiger partial charge in [0.25, 0.3) is 0 Å². The van der Waals surface area contributed by atoms with Crippen LogP contribution in [-0.2, 0) is 11.3 Å². The van der Waals surface area contributed by atoms with Gasteiger partial charge in [0.05, 0.1) is 30.4 Å². The van der Waals surface area contributed by atoms with Crippen LogP contribution in [0.4, 0.5) is 0 Å². The lowest BCUT2D eigenvalue weighted by atomic mass is 10.0. The normalized spacial score (nSPS) is 11.3. The fourth-order valence-electron chi connectivity index (χ4n) is 4.17. The van der Waals surface area contributed by atoms with E-state index in [0.717, 1.165) is 38.0 Å². The Morgan fingerprint density at radius 1 is 1.09 bits per heavy atom. The number of ether oxygens (including phenoxy) is 2. The zero-order chi connectivity index (χ0) is 25.1. The number of aliphatic hydroxyl groups excluding tert-OH is 1. The number of fused-ring (bicyclic) bond motifs is 1. The van der Waals surface area contributed by atoms with Crippen molar-refractivity contribution >= 4 is 32.9 Å². The summed E-state index contributed by atoms with van der Waals surface area (Å²) in [6.45, 7) is 6.80. The molecule has 1 aromatic heterocycles. The van der Waals surface area contributed by atoms with Crippen LogP contribution in [0, 0.1) is 0 Å². The molecule has 0 saturated carbocycles. The fraction of sp³-hybridized carbons (Fsp3) is 0.286. The Labute approximate surface area is 213 Å². The van der Waals surface area contributed by atoms with Gasteiger partial charge in [-0.25, -0.2) is 9.78 Å². The van der Waals surface area contributed by atoms with Crippen LogP contribution < -0.4 is 4.74 Å². The van der Waals surface area contributed by atoms with Crippen LogP contribution >= 0.6 is 15.9 Å². The highest BCUT2D eigenvalue weighted by Crippen LogP contribution is 2.42. The highest BCUT2D eigenvalue weighted by Gasteiger charge is 2.22. The van der Waals surface area contributed by atoms with E-state index >= 15 is 0 Å². The van der Waals surface area contributed by atoms with Gasteiger partial charge in [0, 0.05) is 17.7 Å². The van der Waals surface area contributed by atoms with E-state index in [4.69, 9.17) is 14.5 Å². The van der Waals surface area contributed by atoms with Gasteiger partial charge in [0.1, 0.15) is 22.6 Å². The van der Waals surface area contributed by atoms with Crippen LogP contribution in [0.1, 0.15) is 42.6 Å². The van der Waals surface area contributed by atoms with Crippen LogP contribution in [0.15, 0.2) is 59.1 Å². The van der Waals surface area contributed by atoms with Gasteiger partial charge >= 0.3 is 5.97 Å². The predicted molar refractivity (Wildman–Crippen MR) is 142 cm³/mol. The maximum atomic E-state index is 12.0. The first kappa shape index (κ1) is 24.9. The molecule has 0 spiro atoms. The summed E-state index contributed by atoms with van der Waals surface area (Å²) in [4.78, 5) is 17.0. The Hall–Kier alpha value is -3.16. The number of aromatic nitrogens is 2. The Morgan fingerprint density at radius 3 is 2.31 bits per heavy atom. The van der Waals surface area contributed by atoms with Crippen molar-refractivity contribution in [2.75, 3.05) is 20.3 Å². The highest BCUT2D eigenvalue weighted by atomic mass is 79.9. The van der Waals surface area contributed by atoms with Crippen LogP contribution in [0.5, 0.6) is 5.75 Å². The Bertz CT molecular complexity index is 1340. The molecule has 1 N–H and O–H groups in total. The molecule has 0 atom stereocenters. The first-order chi connectivity index (χ1) is 16.9. The van der Waals surface area contributed by atoms with Gasteiger partial charge in [-0.2, -0.15) is 0 Å². The molecule has 1 heterocycles. The van der Waals surface area contributed by atoms with E-state index in [2.05, 4.69) is 54.0 Å². The molecule has 6 nitrogen and oxygen atoms in total.